The van der Waals surface area contributed by atoms with Gasteiger partial charge in [0.1, 0.15) is 0 Å². The van der Waals surface area contributed by atoms with Gasteiger partial charge in [-0.05, 0) is 136 Å². The third-order valence-corrected chi connectivity index (χ3v) is 17.1. The van der Waals surface area contributed by atoms with Crippen molar-refractivity contribution in [1.82, 2.24) is 0 Å². The van der Waals surface area contributed by atoms with E-state index in [1.54, 1.807) is 0 Å². The second-order valence-electron chi connectivity index (χ2n) is 24.1. The van der Waals surface area contributed by atoms with Crippen molar-refractivity contribution in [1.29, 1.82) is 0 Å². The van der Waals surface area contributed by atoms with Crippen LogP contribution in [0.4, 0.5) is 0 Å². The highest BCUT2D eigenvalue weighted by atomic mass is 14.3. The van der Waals surface area contributed by atoms with Crippen molar-refractivity contribution in [2.24, 2.45) is 0 Å². The molecule has 15 rings (SSSR count). The first-order valence-corrected chi connectivity index (χ1v) is 36.4. The average Bonchev–Trinajstić information content (AvgIpc) is 0.735. The van der Waals surface area contributed by atoms with Crippen LogP contribution in [-0.4, -0.2) is 0 Å². The summed E-state index contributed by atoms with van der Waals surface area (Å²) in [6.07, 6.45) is 5.28. The Morgan fingerprint density at radius 3 is 0.304 bits per heavy atom. The molecule has 0 radical (unpaired) electrons. The highest BCUT2D eigenvalue weighted by Gasteiger charge is 2.28. The summed E-state index contributed by atoms with van der Waals surface area (Å²) in [5.74, 6) is 0. The van der Waals surface area contributed by atoms with Crippen LogP contribution in [0.2, 0.25) is 0 Å². The summed E-state index contributed by atoms with van der Waals surface area (Å²) in [6, 6.07) is 145. The molecule has 15 aromatic carbocycles. The molecule has 0 heterocycles. The molecule has 102 heavy (non-hydrogen) atoms. The normalized spacial score (nSPS) is 9.92. The Morgan fingerprint density at radius 1 is 0.127 bits per heavy atom. The van der Waals surface area contributed by atoms with Crippen molar-refractivity contribution in [3.05, 3.63) is 424 Å². The molecule has 0 aliphatic carbocycles. The first kappa shape index (κ1) is 76.1. The van der Waals surface area contributed by atoms with E-state index >= 15 is 0 Å². The molecule has 0 saturated heterocycles. The fourth-order valence-corrected chi connectivity index (χ4v) is 12.1. The molecule has 0 heteroatoms. The molecule has 0 bridgehead atoms. The zero-order valence-electron chi connectivity index (χ0n) is 61.1. The second-order valence-corrected chi connectivity index (χ2v) is 24.1. The quantitative estimate of drug-likeness (QED) is 0.114. The van der Waals surface area contributed by atoms with Crippen molar-refractivity contribution in [3.8, 4) is 111 Å². The largest absolute Gasteiger partial charge is 0.0683 e. The van der Waals surface area contributed by atoms with E-state index in [1.807, 2.05) is 123 Å². The van der Waals surface area contributed by atoms with Gasteiger partial charge in [0.05, 0.1) is 0 Å². The van der Waals surface area contributed by atoms with Crippen LogP contribution in [-0.2, 0) is 0 Å². The summed E-state index contributed by atoms with van der Waals surface area (Å²) >= 11 is 0. The average molecular weight is 1330 g/mol. The number of rotatable bonds is 12. The van der Waals surface area contributed by atoms with E-state index in [2.05, 4.69) is 345 Å². The van der Waals surface area contributed by atoms with Crippen LogP contribution in [0, 0.1) is 13.8 Å². The Bertz CT molecular complexity index is 4020. The van der Waals surface area contributed by atoms with E-state index in [4.69, 9.17) is 0 Å². The monoisotopic (exact) mass is 1320 g/mol. The lowest BCUT2D eigenvalue weighted by Gasteiger charge is -2.27. The number of benzene rings is 15. The van der Waals surface area contributed by atoms with Gasteiger partial charge < -0.3 is 0 Å². The van der Waals surface area contributed by atoms with Gasteiger partial charge in [0.25, 0.3) is 0 Å². The molecule has 0 aromatic heterocycles. The standard InChI is InChI=1S/2C37H28.3C6H6.2C4H10.C2H6/c2*1-27-33(28-17-7-2-8-18-28)35(30-21-11-4-12-22-30)37(32-25-15-6-16-26-32)36(31-23-13-5-14-24-31)34(27)29-19-9-3-10-20-29;3*1-2-4-6-5-3-1;2*1-3-4-2;1-2/h2*2-26H,1H3;3*1-6H;2*3-4H2,1-2H3;1-2H3. The predicted molar refractivity (Wildman–Crippen MR) is 449 cm³/mol. The Hall–Kier alpha value is -11.7. The van der Waals surface area contributed by atoms with E-state index < -0.39 is 0 Å². The zero-order valence-corrected chi connectivity index (χ0v) is 61.1. The molecule has 0 nitrogen and oxygen atoms in total. The van der Waals surface area contributed by atoms with Crippen molar-refractivity contribution < 1.29 is 0 Å². The molecule has 0 aliphatic heterocycles. The number of hydrogen-bond acceptors (Lipinski definition) is 0. The molecule has 0 atom stereocenters. The Morgan fingerprint density at radius 2 is 0.206 bits per heavy atom. The molecule has 508 valence electrons. The van der Waals surface area contributed by atoms with Crippen LogP contribution in [0.3, 0.4) is 0 Å². The minimum absolute atomic E-state index is 1.22. The van der Waals surface area contributed by atoms with Gasteiger partial charge in [-0.15, -0.1) is 0 Å². The van der Waals surface area contributed by atoms with Crippen LogP contribution < -0.4 is 0 Å². The number of hydrogen-bond donors (Lipinski definition) is 0. The van der Waals surface area contributed by atoms with Gasteiger partial charge >= 0.3 is 0 Å². The summed E-state index contributed by atoms with van der Waals surface area (Å²) in [4.78, 5) is 0. The highest BCUT2D eigenvalue weighted by molar-refractivity contribution is 6.11. The minimum Gasteiger partial charge on any atom is -0.0683 e. The first-order chi connectivity index (χ1) is 50.5. The summed E-state index contributed by atoms with van der Waals surface area (Å²) in [5, 5.41) is 0. The van der Waals surface area contributed by atoms with Crippen LogP contribution in [0.5, 0.6) is 0 Å². The van der Waals surface area contributed by atoms with Crippen molar-refractivity contribution >= 4 is 0 Å². The van der Waals surface area contributed by atoms with Crippen LogP contribution in [0.25, 0.3) is 111 Å². The van der Waals surface area contributed by atoms with E-state index in [-0.39, 0.29) is 0 Å². The van der Waals surface area contributed by atoms with Gasteiger partial charge in [-0.1, -0.05) is 480 Å². The van der Waals surface area contributed by atoms with Crippen LogP contribution in [0.15, 0.2) is 413 Å². The summed E-state index contributed by atoms with van der Waals surface area (Å²) in [6.45, 7) is 17.3. The maximum Gasteiger partial charge on any atom is -0.00141 e. The molecule has 0 spiro atoms. The van der Waals surface area contributed by atoms with E-state index in [0.717, 1.165) is 0 Å². The van der Waals surface area contributed by atoms with E-state index in [0.29, 0.717) is 0 Å². The van der Waals surface area contributed by atoms with E-state index in [1.165, 1.54) is 148 Å². The van der Waals surface area contributed by atoms with Gasteiger partial charge in [0, 0.05) is 0 Å². The maximum atomic E-state index is 2.29. The van der Waals surface area contributed by atoms with Crippen LogP contribution >= 0.6 is 0 Å². The third kappa shape index (κ3) is 21.7. The maximum absolute atomic E-state index is 2.29. The molecule has 15 aromatic rings. The van der Waals surface area contributed by atoms with Crippen molar-refractivity contribution in [2.75, 3.05) is 0 Å². The first-order valence-electron chi connectivity index (χ1n) is 36.4. The Kier molecular flexibility index (Phi) is 32.5. The lowest BCUT2D eigenvalue weighted by molar-refractivity contribution is 0.886. The van der Waals surface area contributed by atoms with Crippen LogP contribution in [0.1, 0.15) is 78.4 Å². The molecule has 0 amide bonds. The highest BCUT2D eigenvalue weighted by Crippen LogP contribution is 2.54. The van der Waals surface area contributed by atoms with Gasteiger partial charge in [0.2, 0.25) is 0 Å². The molecule has 0 aliphatic rings. The SMILES string of the molecule is CC.CCCC.CCCC.Cc1c(-c2ccccc2)c(-c2ccccc2)c(-c2ccccc2)c(-c2ccccc2)c1-c1ccccc1.Cc1c(-c2ccccc2)c(-c2ccccc2)c(-c2ccccc2)c(-c2ccccc2)c1-c1ccccc1.c1ccccc1.c1ccccc1.c1ccccc1. The molecular weight excluding hydrogens is 1230 g/mol. The number of unbranched alkanes of at least 4 members (excludes halogenated alkanes) is 2. The van der Waals surface area contributed by atoms with Gasteiger partial charge in [-0.25, -0.2) is 0 Å². The molecule has 0 unspecified atom stereocenters. The van der Waals surface area contributed by atoms with Gasteiger partial charge in [-0.2, -0.15) is 0 Å². The molecule has 0 N–H and O–H groups in total. The summed E-state index contributed by atoms with van der Waals surface area (Å²) in [7, 11) is 0. The topological polar surface area (TPSA) is 0 Å². The van der Waals surface area contributed by atoms with E-state index in [9.17, 15) is 0 Å². The lowest BCUT2D eigenvalue weighted by atomic mass is 9.76. The summed E-state index contributed by atoms with van der Waals surface area (Å²) in [5.41, 5.74) is 27.6. The van der Waals surface area contributed by atoms with Gasteiger partial charge in [-0.3, -0.25) is 0 Å². The zero-order chi connectivity index (χ0) is 71.6. The lowest BCUT2D eigenvalue weighted by Crippen LogP contribution is -2.01. The van der Waals surface area contributed by atoms with Gasteiger partial charge in [0.15, 0.2) is 0 Å². The molecular formula is C102H100. The summed E-state index contributed by atoms with van der Waals surface area (Å²) < 4.78 is 0. The molecule has 0 fully saturated rings. The fraction of sp³-hybridized carbons (Fsp3) is 0.118. The fourth-order valence-electron chi connectivity index (χ4n) is 12.1. The Balaban J connectivity index is 0.000000188. The van der Waals surface area contributed by atoms with Crippen molar-refractivity contribution in [2.45, 2.75) is 81.1 Å². The smallest absolute Gasteiger partial charge is 0.00141 e. The second kappa shape index (κ2) is 43.6. The van der Waals surface area contributed by atoms with Crippen molar-refractivity contribution in [3.63, 3.8) is 0 Å². The molecule has 0 saturated carbocycles. The predicted octanol–water partition coefficient (Wildman–Crippen LogP) is 30.4. The Labute approximate surface area is 612 Å². The third-order valence-electron chi connectivity index (χ3n) is 17.1. The minimum atomic E-state index is 1.22.